The van der Waals surface area contributed by atoms with E-state index < -0.39 is 4.92 Å². The number of nitrogens with zero attached hydrogens (tertiary/aromatic N) is 1. The summed E-state index contributed by atoms with van der Waals surface area (Å²) < 4.78 is 4.50. The number of ether oxygens (including phenoxy) is 1. The molecule has 0 N–H and O–H groups in total. The number of hydrogen-bond acceptors (Lipinski definition) is 4. The summed E-state index contributed by atoms with van der Waals surface area (Å²) in [6, 6.07) is 4.90. The van der Waals surface area contributed by atoms with Crippen molar-refractivity contribution in [2.75, 3.05) is 0 Å². The van der Waals surface area contributed by atoms with Crippen LogP contribution in [0.3, 0.4) is 0 Å². The van der Waals surface area contributed by atoms with Crippen molar-refractivity contribution >= 4 is 12.2 Å². The van der Waals surface area contributed by atoms with E-state index in [1.54, 1.807) is 12.1 Å². The third-order valence-corrected chi connectivity index (χ3v) is 2.06. The second-order valence-electron chi connectivity index (χ2n) is 2.98. The normalized spacial score (nSPS) is 9.67. The lowest BCUT2D eigenvalue weighted by Gasteiger charge is -2.03. The Morgan fingerprint density at radius 1 is 1.53 bits per heavy atom. The van der Waals surface area contributed by atoms with Gasteiger partial charge in [0.1, 0.15) is 6.61 Å². The minimum absolute atomic E-state index is 0.00352. The molecule has 0 atom stereocenters. The molecule has 0 heterocycles. The first-order valence-electron chi connectivity index (χ1n) is 4.50. The summed E-state index contributed by atoms with van der Waals surface area (Å²) in [5, 5.41) is 10.7. The van der Waals surface area contributed by atoms with Gasteiger partial charge in [-0.3, -0.25) is 14.9 Å². The van der Waals surface area contributed by atoms with Crippen LogP contribution in [0.25, 0.3) is 0 Å². The highest BCUT2D eigenvalue weighted by Gasteiger charge is 2.14. The standard InChI is InChI=1S/C10H11NO4/c1-2-8-3-4-9(6-15-7-12)10(5-8)11(13)14/h3-5,7H,2,6H2,1H3. The topological polar surface area (TPSA) is 69.4 Å². The van der Waals surface area contributed by atoms with Crippen molar-refractivity contribution in [3.63, 3.8) is 0 Å². The molecule has 15 heavy (non-hydrogen) atoms. The zero-order valence-corrected chi connectivity index (χ0v) is 8.30. The molecular weight excluding hydrogens is 198 g/mol. The molecule has 1 aromatic rings. The number of aryl methyl sites for hydroxylation is 1. The Bertz CT molecular complexity index is 376. The van der Waals surface area contributed by atoms with Crippen molar-refractivity contribution in [1.29, 1.82) is 0 Å². The summed E-state index contributed by atoms with van der Waals surface area (Å²) in [7, 11) is 0. The van der Waals surface area contributed by atoms with E-state index in [2.05, 4.69) is 4.74 Å². The van der Waals surface area contributed by atoms with E-state index in [4.69, 9.17) is 0 Å². The predicted octanol–water partition coefficient (Wildman–Crippen LogP) is 1.83. The quantitative estimate of drug-likeness (QED) is 0.421. The lowest BCUT2D eigenvalue weighted by molar-refractivity contribution is -0.385. The Morgan fingerprint density at radius 2 is 2.27 bits per heavy atom. The van der Waals surface area contributed by atoms with Crippen molar-refractivity contribution in [2.45, 2.75) is 20.0 Å². The molecule has 1 aromatic carbocycles. The monoisotopic (exact) mass is 209 g/mol. The Labute approximate surface area is 86.8 Å². The van der Waals surface area contributed by atoms with Crippen LogP contribution in [0.5, 0.6) is 0 Å². The van der Waals surface area contributed by atoms with E-state index in [0.29, 0.717) is 5.56 Å². The number of hydrogen-bond donors (Lipinski definition) is 0. The van der Waals surface area contributed by atoms with Gasteiger partial charge in [-0.1, -0.05) is 13.0 Å². The maximum Gasteiger partial charge on any atom is 0.293 e. The van der Waals surface area contributed by atoms with Gasteiger partial charge in [-0.15, -0.1) is 0 Å². The molecular formula is C10H11NO4. The van der Waals surface area contributed by atoms with Gasteiger partial charge in [0, 0.05) is 6.07 Å². The lowest BCUT2D eigenvalue weighted by atomic mass is 10.1. The average molecular weight is 209 g/mol. The Balaban J connectivity index is 3.03. The Morgan fingerprint density at radius 3 is 2.80 bits per heavy atom. The SMILES string of the molecule is CCc1ccc(COC=O)c([N+](=O)[O-])c1. The van der Waals surface area contributed by atoms with Gasteiger partial charge >= 0.3 is 0 Å². The highest BCUT2D eigenvalue weighted by molar-refractivity contribution is 5.44. The van der Waals surface area contributed by atoms with E-state index in [9.17, 15) is 14.9 Å². The molecule has 5 heteroatoms. The maximum atomic E-state index is 10.7. The van der Waals surface area contributed by atoms with E-state index in [-0.39, 0.29) is 18.8 Å². The molecule has 0 aromatic heterocycles. The molecule has 5 nitrogen and oxygen atoms in total. The Hall–Kier alpha value is -1.91. The first kappa shape index (κ1) is 11.2. The number of carbonyl (C=O) groups excluding carboxylic acids is 1. The van der Waals surface area contributed by atoms with E-state index in [1.807, 2.05) is 6.92 Å². The molecule has 0 fully saturated rings. The zero-order valence-electron chi connectivity index (χ0n) is 8.30. The lowest BCUT2D eigenvalue weighted by Crippen LogP contribution is -1.99. The first-order valence-corrected chi connectivity index (χ1v) is 4.50. The number of nitro groups is 1. The van der Waals surface area contributed by atoms with Crippen LogP contribution < -0.4 is 0 Å². The van der Waals surface area contributed by atoms with Gasteiger partial charge in [0.25, 0.3) is 12.2 Å². The summed E-state index contributed by atoms with van der Waals surface area (Å²) in [6.07, 6.45) is 0.732. The molecule has 0 aliphatic carbocycles. The highest BCUT2D eigenvalue weighted by Crippen LogP contribution is 2.21. The van der Waals surface area contributed by atoms with Crippen molar-refractivity contribution in [3.05, 3.63) is 39.4 Å². The van der Waals surface area contributed by atoms with Crippen LogP contribution in [0.1, 0.15) is 18.1 Å². The summed E-state index contributed by atoms with van der Waals surface area (Å²) in [6.45, 7) is 2.13. The summed E-state index contributed by atoms with van der Waals surface area (Å²) >= 11 is 0. The summed E-state index contributed by atoms with van der Waals surface area (Å²) in [4.78, 5) is 20.2. The molecule has 0 aliphatic rings. The van der Waals surface area contributed by atoms with Crippen LogP contribution in [0, 0.1) is 10.1 Å². The second kappa shape index (κ2) is 5.09. The van der Waals surface area contributed by atoms with Gasteiger partial charge in [-0.25, -0.2) is 0 Å². The minimum Gasteiger partial charge on any atom is -0.463 e. The summed E-state index contributed by atoms with van der Waals surface area (Å²) in [5.74, 6) is 0. The third-order valence-electron chi connectivity index (χ3n) is 2.06. The van der Waals surface area contributed by atoms with Crippen LogP contribution in [0.15, 0.2) is 18.2 Å². The van der Waals surface area contributed by atoms with Crippen LogP contribution in [-0.4, -0.2) is 11.4 Å². The minimum atomic E-state index is -0.470. The molecule has 0 amide bonds. The third kappa shape index (κ3) is 2.77. The molecule has 0 radical (unpaired) electrons. The smallest absolute Gasteiger partial charge is 0.293 e. The fourth-order valence-corrected chi connectivity index (χ4v) is 1.25. The molecule has 0 saturated carbocycles. The molecule has 80 valence electrons. The van der Waals surface area contributed by atoms with Gasteiger partial charge in [0.15, 0.2) is 0 Å². The number of rotatable bonds is 5. The van der Waals surface area contributed by atoms with Crippen LogP contribution in [0.4, 0.5) is 5.69 Å². The van der Waals surface area contributed by atoms with Crippen LogP contribution in [-0.2, 0) is 22.6 Å². The van der Waals surface area contributed by atoms with E-state index in [1.165, 1.54) is 6.07 Å². The second-order valence-corrected chi connectivity index (χ2v) is 2.98. The van der Waals surface area contributed by atoms with Gasteiger partial charge < -0.3 is 4.74 Å². The van der Waals surface area contributed by atoms with Gasteiger partial charge in [0.05, 0.1) is 10.5 Å². The average Bonchev–Trinajstić information content (AvgIpc) is 2.26. The van der Waals surface area contributed by atoms with Crippen molar-refractivity contribution in [3.8, 4) is 0 Å². The number of carbonyl (C=O) groups is 1. The van der Waals surface area contributed by atoms with Crippen LogP contribution in [0.2, 0.25) is 0 Å². The van der Waals surface area contributed by atoms with Crippen molar-refractivity contribution in [1.82, 2.24) is 0 Å². The molecule has 0 spiro atoms. The van der Waals surface area contributed by atoms with Crippen molar-refractivity contribution < 1.29 is 14.5 Å². The van der Waals surface area contributed by atoms with Gasteiger partial charge in [-0.05, 0) is 18.1 Å². The number of nitro benzene ring substituents is 1. The van der Waals surface area contributed by atoms with Gasteiger partial charge in [-0.2, -0.15) is 0 Å². The maximum absolute atomic E-state index is 10.7. The molecule has 1 rings (SSSR count). The molecule has 0 saturated heterocycles. The van der Waals surface area contributed by atoms with Gasteiger partial charge in [0.2, 0.25) is 0 Å². The molecule has 0 unspecified atom stereocenters. The highest BCUT2D eigenvalue weighted by atomic mass is 16.6. The first-order chi connectivity index (χ1) is 7.19. The molecule has 0 aliphatic heterocycles. The fraction of sp³-hybridized carbons (Fsp3) is 0.300. The predicted molar refractivity (Wildman–Crippen MR) is 53.3 cm³/mol. The fourth-order valence-electron chi connectivity index (χ4n) is 1.25. The molecule has 0 bridgehead atoms. The van der Waals surface area contributed by atoms with E-state index >= 15 is 0 Å². The Kier molecular flexibility index (Phi) is 3.79. The van der Waals surface area contributed by atoms with E-state index in [0.717, 1.165) is 12.0 Å². The summed E-state index contributed by atoms with van der Waals surface area (Å²) in [5.41, 5.74) is 1.29. The van der Waals surface area contributed by atoms with Crippen LogP contribution >= 0.6 is 0 Å². The number of benzene rings is 1. The van der Waals surface area contributed by atoms with Crippen molar-refractivity contribution in [2.24, 2.45) is 0 Å². The largest absolute Gasteiger partial charge is 0.463 e. The zero-order chi connectivity index (χ0) is 11.3.